The summed E-state index contributed by atoms with van der Waals surface area (Å²) in [5.74, 6) is 0.588. The van der Waals surface area contributed by atoms with E-state index in [1.54, 1.807) is 22.5 Å². The maximum absolute atomic E-state index is 12.5. The molecule has 0 spiro atoms. The van der Waals surface area contributed by atoms with E-state index in [0.29, 0.717) is 23.9 Å². The lowest BCUT2D eigenvalue weighted by Gasteiger charge is -2.33. The van der Waals surface area contributed by atoms with E-state index in [-0.39, 0.29) is 0 Å². The predicted octanol–water partition coefficient (Wildman–Crippen LogP) is 1.54. The van der Waals surface area contributed by atoms with E-state index in [1.807, 2.05) is 13.0 Å². The van der Waals surface area contributed by atoms with E-state index in [0.717, 1.165) is 25.2 Å². The molecule has 0 amide bonds. The average Bonchev–Trinajstić information content (AvgIpc) is 2.40. The number of nitrogens with zero attached hydrogens (tertiary/aromatic N) is 2. The van der Waals surface area contributed by atoms with Crippen LogP contribution in [0, 0.1) is 6.92 Å². The molecule has 1 aliphatic rings. The topological polar surface area (TPSA) is 40.6 Å². The van der Waals surface area contributed by atoms with Crippen LogP contribution in [0.2, 0.25) is 0 Å². The van der Waals surface area contributed by atoms with Gasteiger partial charge in [0, 0.05) is 38.6 Å². The zero-order chi connectivity index (χ0) is 13.9. The van der Waals surface area contributed by atoms with E-state index in [9.17, 15) is 8.42 Å². The van der Waals surface area contributed by atoms with Crippen molar-refractivity contribution in [2.24, 2.45) is 0 Å². The Bertz CT molecular complexity index is 525. The SMILES string of the molecule is Cc1cccc(S(=O)(=O)N2CCN(CCCl)CC2)c1. The standard InChI is InChI=1S/C13H19ClN2O2S/c1-12-3-2-4-13(11-12)19(17,18)16-9-7-15(6-5-14)8-10-16/h2-4,11H,5-10H2,1H3. The van der Waals surface area contributed by atoms with Crippen LogP contribution >= 0.6 is 11.6 Å². The second-order valence-electron chi connectivity index (χ2n) is 4.75. The third-order valence-corrected chi connectivity index (χ3v) is 5.42. The normalized spacial score (nSPS) is 18.6. The van der Waals surface area contributed by atoms with Gasteiger partial charge in [-0.2, -0.15) is 4.31 Å². The van der Waals surface area contributed by atoms with Crippen molar-refractivity contribution in [3.05, 3.63) is 29.8 Å². The highest BCUT2D eigenvalue weighted by Gasteiger charge is 2.28. The van der Waals surface area contributed by atoms with Crippen molar-refractivity contribution in [3.63, 3.8) is 0 Å². The van der Waals surface area contributed by atoms with Gasteiger partial charge in [-0.15, -0.1) is 11.6 Å². The van der Waals surface area contributed by atoms with Crippen LogP contribution in [0.5, 0.6) is 0 Å². The highest BCUT2D eigenvalue weighted by Crippen LogP contribution is 2.18. The molecule has 4 nitrogen and oxygen atoms in total. The summed E-state index contributed by atoms with van der Waals surface area (Å²) in [5, 5.41) is 0. The number of hydrogen-bond donors (Lipinski definition) is 0. The van der Waals surface area contributed by atoms with Gasteiger partial charge < -0.3 is 0 Å². The first-order chi connectivity index (χ1) is 9.04. The van der Waals surface area contributed by atoms with Gasteiger partial charge in [-0.3, -0.25) is 4.90 Å². The summed E-state index contributed by atoms with van der Waals surface area (Å²) in [6.45, 7) is 5.28. The van der Waals surface area contributed by atoms with Crippen molar-refractivity contribution in [2.45, 2.75) is 11.8 Å². The number of halogens is 1. The molecule has 1 saturated heterocycles. The Morgan fingerprint density at radius 3 is 2.47 bits per heavy atom. The fourth-order valence-electron chi connectivity index (χ4n) is 2.24. The number of alkyl halides is 1. The summed E-state index contributed by atoms with van der Waals surface area (Å²) in [6, 6.07) is 7.07. The van der Waals surface area contributed by atoms with Gasteiger partial charge in [-0.1, -0.05) is 12.1 Å². The van der Waals surface area contributed by atoms with Crippen LogP contribution < -0.4 is 0 Å². The van der Waals surface area contributed by atoms with Crippen molar-refractivity contribution in [1.82, 2.24) is 9.21 Å². The molecule has 0 bridgehead atoms. The zero-order valence-corrected chi connectivity index (χ0v) is 12.6. The van der Waals surface area contributed by atoms with Crippen LogP contribution in [0.4, 0.5) is 0 Å². The zero-order valence-electron chi connectivity index (χ0n) is 11.0. The average molecular weight is 303 g/mol. The highest BCUT2D eigenvalue weighted by molar-refractivity contribution is 7.89. The summed E-state index contributed by atoms with van der Waals surface area (Å²) in [5.41, 5.74) is 0.960. The van der Waals surface area contributed by atoms with Gasteiger partial charge in [-0.05, 0) is 24.6 Å². The molecule has 1 aromatic rings. The minimum atomic E-state index is -3.35. The first kappa shape index (κ1) is 14.8. The van der Waals surface area contributed by atoms with E-state index >= 15 is 0 Å². The highest BCUT2D eigenvalue weighted by atomic mass is 35.5. The molecule has 0 aromatic heterocycles. The number of piperazine rings is 1. The molecule has 0 saturated carbocycles. The third kappa shape index (κ3) is 3.48. The number of benzene rings is 1. The molecular formula is C13H19ClN2O2S. The minimum Gasteiger partial charge on any atom is -0.300 e. The van der Waals surface area contributed by atoms with Gasteiger partial charge in [-0.25, -0.2) is 8.42 Å². The summed E-state index contributed by atoms with van der Waals surface area (Å²) in [6.07, 6.45) is 0. The van der Waals surface area contributed by atoms with Crippen LogP contribution in [0.15, 0.2) is 29.2 Å². The van der Waals surface area contributed by atoms with Gasteiger partial charge in [0.05, 0.1) is 4.90 Å². The first-order valence-electron chi connectivity index (χ1n) is 6.39. The van der Waals surface area contributed by atoms with Crippen molar-refractivity contribution in [2.75, 3.05) is 38.6 Å². The largest absolute Gasteiger partial charge is 0.300 e. The van der Waals surface area contributed by atoms with Gasteiger partial charge in [0.25, 0.3) is 0 Å². The Morgan fingerprint density at radius 2 is 1.89 bits per heavy atom. The van der Waals surface area contributed by atoms with E-state index in [1.165, 1.54) is 0 Å². The van der Waals surface area contributed by atoms with Crippen molar-refractivity contribution in [3.8, 4) is 0 Å². The summed E-state index contributed by atoms with van der Waals surface area (Å²) in [7, 11) is -3.35. The Kier molecular flexibility index (Phi) is 4.84. The van der Waals surface area contributed by atoms with Crippen LogP contribution in [-0.4, -0.2) is 56.2 Å². The Morgan fingerprint density at radius 1 is 1.21 bits per heavy atom. The Labute approximate surface area is 120 Å². The van der Waals surface area contributed by atoms with E-state index in [2.05, 4.69) is 4.90 Å². The minimum absolute atomic E-state index is 0.387. The lowest BCUT2D eigenvalue weighted by Crippen LogP contribution is -2.48. The molecule has 1 fully saturated rings. The molecular weight excluding hydrogens is 284 g/mol. The quantitative estimate of drug-likeness (QED) is 0.792. The lowest BCUT2D eigenvalue weighted by molar-refractivity contribution is 0.197. The van der Waals surface area contributed by atoms with E-state index in [4.69, 9.17) is 11.6 Å². The second kappa shape index (κ2) is 6.22. The molecule has 1 aliphatic heterocycles. The maximum atomic E-state index is 12.5. The summed E-state index contributed by atoms with van der Waals surface area (Å²) < 4.78 is 26.5. The van der Waals surface area contributed by atoms with Crippen molar-refractivity contribution >= 4 is 21.6 Å². The maximum Gasteiger partial charge on any atom is 0.243 e. The molecule has 0 unspecified atom stereocenters. The molecule has 1 heterocycles. The van der Waals surface area contributed by atoms with Crippen LogP contribution in [-0.2, 0) is 10.0 Å². The number of rotatable bonds is 4. The predicted molar refractivity (Wildman–Crippen MR) is 77.1 cm³/mol. The molecule has 19 heavy (non-hydrogen) atoms. The van der Waals surface area contributed by atoms with Crippen LogP contribution in [0.25, 0.3) is 0 Å². The molecule has 0 radical (unpaired) electrons. The number of sulfonamides is 1. The van der Waals surface area contributed by atoms with Crippen molar-refractivity contribution in [1.29, 1.82) is 0 Å². The molecule has 6 heteroatoms. The third-order valence-electron chi connectivity index (χ3n) is 3.36. The van der Waals surface area contributed by atoms with Gasteiger partial charge in [0.15, 0.2) is 0 Å². The molecule has 2 rings (SSSR count). The van der Waals surface area contributed by atoms with Crippen LogP contribution in [0.3, 0.4) is 0 Å². The first-order valence-corrected chi connectivity index (χ1v) is 8.36. The van der Waals surface area contributed by atoms with Gasteiger partial charge in [0.1, 0.15) is 0 Å². The molecule has 106 valence electrons. The van der Waals surface area contributed by atoms with Gasteiger partial charge in [0.2, 0.25) is 10.0 Å². The summed E-state index contributed by atoms with van der Waals surface area (Å²) >= 11 is 5.70. The molecule has 0 atom stereocenters. The number of hydrogen-bond acceptors (Lipinski definition) is 3. The second-order valence-corrected chi connectivity index (χ2v) is 7.07. The Hall–Kier alpha value is -0.620. The van der Waals surface area contributed by atoms with Crippen molar-refractivity contribution < 1.29 is 8.42 Å². The fourth-order valence-corrected chi connectivity index (χ4v) is 4.00. The lowest BCUT2D eigenvalue weighted by atomic mass is 10.2. The molecule has 0 aliphatic carbocycles. The van der Waals surface area contributed by atoms with E-state index < -0.39 is 10.0 Å². The molecule has 0 N–H and O–H groups in total. The Balaban J connectivity index is 2.10. The fraction of sp³-hybridized carbons (Fsp3) is 0.538. The number of aryl methyl sites for hydroxylation is 1. The smallest absolute Gasteiger partial charge is 0.243 e. The van der Waals surface area contributed by atoms with Crippen LogP contribution in [0.1, 0.15) is 5.56 Å². The molecule has 1 aromatic carbocycles. The van der Waals surface area contributed by atoms with Gasteiger partial charge >= 0.3 is 0 Å². The summed E-state index contributed by atoms with van der Waals surface area (Å²) in [4.78, 5) is 2.58. The monoisotopic (exact) mass is 302 g/mol.